The lowest BCUT2D eigenvalue weighted by Gasteiger charge is -2.23. The molecule has 1 atom stereocenters. The zero-order valence-corrected chi connectivity index (χ0v) is 11.9. The van der Waals surface area contributed by atoms with Gasteiger partial charge in [-0.25, -0.2) is 4.79 Å². The fourth-order valence-corrected chi connectivity index (χ4v) is 1.62. The molecule has 0 spiro atoms. The van der Waals surface area contributed by atoms with Gasteiger partial charge in [0.15, 0.2) is 0 Å². The largest absolute Gasteiger partial charge is 0.481 e. The van der Waals surface area contributed by atoms with Gasteiger partial charge in [-0.15, -0.1) is 0 Å². The molecule has 0 saturated carbocycles. The predicted molar refractivity (Wildman–Crippen MR) is 73.2 cm³/mol. The number of carboxylic acids is 1. The van der Waals surface area contributed by atoms with E-state index in [0.717, 1.165) is 5.56 Å². The van der Waals surface area contributed by atoms with Crippen molar-refractivity contribution in [3.8, 4) is 0 Å². The summed E-state index contributed by atoms with van der Waals surface area (Å²) in [4.78, 5) is 26.5. The standard InChI is InChI=1S/C14H20N2O4/c1-14(2,3)20-13(19)16-11(6-7-12(17)18)10-5-4-8-15-9-10/h4-5,8-9,11H,6-7H2,1-3H3,(H,16,19)(H,17,18). The molecular formula is C14H20N2O4. The first-order valence-electron chi connectivity index (χ1n) is 6.39. The van der Waals surface area contributed by atoms with E-state index in [4.69, 9.17) is 9.84 Å². The van der Waals surface area contributed by atoms with Crippen molar-refractivity contribution < 1.29 is 19.4 Å². The van der Waals surface area contributed by atoms with E-state index < -0.39 is 23.7 Å². The summed E-state index contributed by atoms with van der Waals surface area (Å²) >= 11 is 0. The normalized spacial score (nSPS) is 12.6. The van der Waals surface area contributed by atoms with Crippen LogP contribution in [0.4, 0.5) is 4.79 Å². The van der Waals surface area contributed by atoms with E-state index in [-0.39, 0.29) is 12.8 Å². The molecule has 20 heavy (non-hydrogen) atoms. The molecule has 1 heterocycles. The smallest absolute Gasteiger partial charge is 0.408 e. The van der Waals surface area contributed by atoms with E-state index >= 15 is 0 Å². The monoisotopic (exact) mass is 280 g/mol. The molecule has 1 aromatic rings. The fourth-order valence-electron chi connectivity index (χ4n) is 1.62. The average molecular weight is 280 g/mol. The molecule has 0 fully saturated rings. The first kappa shape index (κ1) is 15.9. The van der Waals surface area contributed by atoms with Crippen LogP contribution < -0.4 is 5.32 Å². The Morgan fingerprint density at radius 3 is 2.65 bits per heavy atom. The van der Waals surface area contributed by atoms with Gasteiger partial charge in [0, 0.05) is 18.8 Å². The molecule has 1 rings (SSSR count). The number of amides is 1. The van der Waals surface area contributed by atoms with Crippen molar-refractivity contribution in [2.45, 2.75) is 45.3 Å². The van der Waals surface area contributed by atoms with Crippen molar-refractivity contribution in [3.63, 3.8) is 0 Å². The average Bonchev–Trinajstić information content (AvgIpc) is 2.33. The van der Waals surface area contributed by atoms with Gasteiger partial charge in [0.2, 0.25) is 0 Å². The van der Waals surface area contributed by atoms with Crippen molar-refractivity contribution in [1.82, 2.24) is 10.3 Å². The van der Waals surface area contributed by atoms with E-state index in [2.05, 4.69) is 10.3 Å². The van der Waals surface area contributed by atoms with Crippen molar-refractivity contribution in [2.75, 3.05) is 0 Å². The molecule has 0 aromatic carbocycles. The van der Waals surface area contributed by atoms with Crippen LogP contribution in [-0.2, 0) is 9.53 Å². The molecule has 110 valence electrons. The molecule has 0 radical (unpaired) electrons. The van der Waals surface area contributed by atoms with Gasteiger partial charge in [0.05, 0.1) is 6.04 Å². The third-order valence-corrected chi connectivity index (χ3v) is 2.42. The second-order valence-electron chi connectivity index (χ2n) is 5.42. The van der Waals surface area contributed by atoms with Crippen LogP contribution in [0.25, 0.3) is 0 Å². The zero-order valence-electron chi connectivity index (χ0n) is 11.9. The topological polar surface area (TPSA) is 88.5 Å². The van der Waals surface area contributed by atoms with Gasteiger partial charge in [0.1, 0.15) is 5.60 Å². The highest BCUT2D eigenvalue weighted by Gasteiger charge is 2.21. The number of rotatable bonds is 5. The van der Waals surface area contributed by atoms with Crippen LogP contribution in [0, 0.1) is 0 Å². The van der Waals surface area contributed by atoms with Gasteiger partial charge < -0.3 is 15.2 Å². The number of aliphatic carboxylic acids is 1. The minimum absolute atomic E-state index is 0.0463. The molecule has 0 bridgehead atoms. The van der Waals surface area contributed by atoms with Gasteiger partial charge in [-0.2, -0.15) is 0 Å². The lowest BCUT2D eigenvalue weighted by Crippen LogP contribution is -2.35. The molecule has 1 aromatic heterocycles. The maximum Gasteiger partial charge on any atom is 0.408 e. The van der Waals surface area contributed by atoms with Gasteiger partial charge >= 0.3 is 12.1 Å². The van der Waals surface area contributed by atoms with Crippen LogP contribution in [0.5, 0.6) is 0 Å². The number of nitrogens with zero attached hydrogens (tertiary/aromatic N) is 1. The van der Waals surface area contributed by atoms with Crippen molar-refractivity contribution in [3.05, 3.63) is 30.1 Å². The van der Waals surface area contributed by atoms with Gasteiger partial charge in [-0.1, -0.05) is 6.07 Å². The van der Waals surface area contributed by atoms with Crippen LogP contribution in [-0.4, -0.2) is 27.8 Å². The van der Waals surface area contributed by atoms with Crippen LogP contribution in [0.15, 0.2) is 24.5 Å². The maximum absolute atomic E-state index is 11.8. The number of carbonyl (C=O) groups excluding carboxylic acids is 1. The van der Waals surface area contributed by atoms with Crippen LogP contribution in [0.3, 0.4) is 0 Å². The van der Waals surface area contributed by atoms with Gasteiger partial charge in [-0.3, -0.25) is 9.78 Å². The lowest BCUT2D eigenvalue weighted by atomic mass is 10.0. The quantitative estimate of drug-likeness (QED) is 0.865. The highest BCUT2D eigenvalue weighted by atomic mass is 16.6. The van der Waals surface area contributed by atoms with E-state index in [1.54, 1.807) is 45.3 Å². The summed E-state index contributed by atoms with van der Waals surface area (Å²) in [6, 6.07) is 3.09. The number of nitrogens with one attached hydrogen (secondary N) is 1. The predicted octanol–water partition coefficient (Wildman–Crippen LogP) is 2.51. The van der Waals surface area contributed by atoms with E-state index in [0.29, 0.717) is 0 Å². The van der Waals surface area contributed by atoms with Crippen molar-refractivity contribution in [1.29, 1.82) is 0 Å². The summed E-state index contributed by atoms with van der Waals surface area (Å²) in [6.45, 7) is 5.30. The third kappa shape index (κ3) is 6.17. The summed E-state index contributed by atoms with van der Waals surface area (Å²) in [5.41, 5.74) is 0.149. The third-order valence-electron chi connectivity index (χ3n) is 2.42. The molecule has 0 saturated heterocycles. The molecule has 6 nitrogen and oxygen atoms in total. The molecule has 1 amide bonds. The minimum atomic E-state index is -0.912. The Morgan fingerprint density at radius 2 is 2.15 bits per heavy atom. The molecule has 1 unspecified atom stereocenters. The number of hydrogen-bond acceptors (Lipinski definition) is 4. The Labute approximate surface area is 118 Å². The Balaban J connectivity index is 2.73. The Bertz CT molecular complexity index is 454. The molecule has 2 N–H and O–H groups in total. The van der Waals surface area contributed by atoms with E-state index in [1.807, 2.05) is 0 Å². The molecule has 0 aliphatic heterocycles. The van der Waals surface area contributed by atoms with E-state index in [1.165, 1.54) is 0 Å². The Kier molecular flexibility index (Phi) is 5.49. The number of carboxylic acid groups (broad SMARTS) is 1. The summed E-state index contributed by atoms with van der Waals surface area (Å²) in [7, 11) is 0. The number of carbonyl (C=O) groups is 2. The molecule has 0 aliphatic carbocycles. The Hall–Kier alpha value is -2.11. The summed E-state index contributed by atoms with van der Waals surface area (Å²) in [6.07, 6.45) is 2.88. The second kappa shape index (κ2) is 6.88. The summed E-state index contributed by atoms with van der Waals surface area (Å²) < 4.78 is 5.18. The fraction of sp³-hybridized carbons (Fsp3) is 0.500. The number of aromatic nitrogens is 1. The van der Waals surface area contributed by atoms with Crippen molar-refractivity contribution in [2.24, 2.45) is 0 Å². The van der Waals surface area contributed by atoms with Crippen molar-refractivity contribution >= 4 is 12.1 Å². The van der Waals surface area contributed by atoms with Gasteiger partial charge in [0.25, 0.3) is 0 Å². The number of ether oxygens (including phenoxy) is 1. The second-order valence-corrected chi connectivity index (χ2v) is 5.42. The molecule has 6 heteroatoms. The van der Waals surface area contributed by atoms with Crippen LogP contribution in [0.1, 0.15) is 45.2 Å². The SMILES string of the molecule is CC(C)(C)OC(=O)NC(CCC(=O)O)c1cccnc1. The maximum atomic E-state index is 11.8. The van der Waals surface area contributed by atoms with E-state index in [9.17, 15) is 9.59 Å². The first-order valence-corrected chi connectivity index (χ1v) is 6.39. The first-order chi connectivity index (χ1) is 9.28. The molecular weight excluding hydrogens is 260 g/mol. The lowest BCUT2D eigenvalue weighted by molar-refractivity contribution is -0.137. The van der Waals surface area contributed by atoms with Gasteiger partial charge in [-0.05, 0) is 38.8 Å². The summed E-state index contributed by atoms with van der Waals surface area (Å²) in [5.74, 6) is -0.912. The number of alkyl carbamates (subject to hydrolysis) is 1. The molecule has 0 aliphatic rings. The highest BCUT2D eigenvalue weighted by molar-refractivity contribution is 5.69. The Morgan fingerprint density at radius 1 is 1.45 bits per heavy atom. The number of pyridine rings is 1. The highest BCUT2D eigenvalue weighted by Crippen LogP contribution is 2.18. The summed E-state index contributed by atoms with van der Waals surface area (Å²) in [5, 5.41) is 11.5. The van der Waals surface area contributed by atoms with Crippen LogP contribution >= 0.6 is 0 Å². The minimum Gasteiger partial charge on any atom is -0.481 e. The number of hydrogen-bond donors (Lipinski definition) is 2. The van der Waals surface area contributed by atoms with Crippen LogP contribution in [0.2, 0.25) is 0 Å². The zero-order chi connectivity index (χ0) is 15.2.